The zero-order chi connectivity index (χ0) is 15.5. The van der Waals surface area contributed by atoms with Crippen LogP contribution in [0, 0.1) is 5.82 Å². The number of fused-ring (bicyclic) bond motifs is 1. The number of carbonyl (C=O) groups excluding carboxylic acids is 1. The predicted molar refractivity (Wildman–Crippen MR) is 90.4 cm³/mol. The lowest BCUT2D eigenvalue weighted by Crippen LogP contribution is -2.19. The second-order valence-corrected chi connectivity index (χ2v) is 6.26. The first-order valence-corrected chi connectivity index (χ1v) is 8.47. The number of para-hydroxylation sites is 2. The number of carbonyl (C=O) groups is 1. The van der Waals surface area contributed by atoms with Crippen LogP contribution in [0.15, 0.2) is 47.4 Å². The molecule has 0 saturated carbocycles. The predicted octanol–water partition coefficient (Wildman–Crippen LogP) is 4.80. The number of nitrogens with zero attached hydrogens (tertiary/aromatic N) is 1. The van der Waals surface area contributed by atoms with Crippen molar-refractivity contribution >= 4 is 50.2 Å². The Morgan fingerprint density at radius 1 is 1.18 bits per heavy atom. The monoisotopic (exact) mass is 333 g/mol. The quantitative estimate of drug-likeness (QED) is 0.677. The average Bonchev–Trinajstić information content (AvgIpc) is 2.91. The minimum absolute atomic E-state index is 0.130. The van der Waals surface area contributed by atoms with Crippen molar-refractivity contribution in [2.45, 2.75) is 4.90 Å². The molecular weight excluding hydrogens is 321 g/mol. The highest BCUT2D eigenvalue weighted by Gasteiger charge is 2.11. The van der Waals surface area contributed by atoms with Crippen molar-refractivity contribution in [3.8, 4) is 0 Å². The summed E-state index contributed by atoms with van der Waals surface area (Å²) >= 11 is 2.98. The van der Waals surface area contributed by atoms with Crippen LogP contribution in [0.1, 0.15) is 0 Å². The fraction of sp³-hybridized carbons (Fsp3) is 0.0667. The van der Waals surface area contributed by atoms with Crippen LogP contribution in [0.3, 0.4) is 0 Å². The molecule has 2 amide bonds. The molecule has 0 unspecified atom stereocenters. The van der Waals surface area contributed by atoms with E-state index in [4.69, 9.17) is 0 Å². The molecule has 22 heavy (non-hydrogen) atoms. The van der Waals surface area contributed by atoms with E-state index in [2.05, 4.69) is 15.6 Å². The molecule has 0 saturated heterocycles. The van der Waals surface area contributed by atoms with Crippen LogP contribution in [-0.4, -0.2) is 17.3 Å². The van der Waals surface area contributed by atoms with Gasteiger partial charge in [-0.25, -0.2) is 14.2 Å². The summed E-state index contributed by atoms with van der Waals surface area (Å²) in [5, 5.41) is 5.59. The summed E-state index contributed by atoms with van der Waals surface area (Å²) < 4.78 is 14.5. The normalized spacial score (nSPS) is 10.6. The maximum absolute atomic E-state index is 13.5. The first-order valence-electron chi connectivity index (χ1n) is 6.43. The number of halogens is 1. The molecule has 0 fully saturated rings. The van der Waals surface area contributed by atoms with Gasteiger partial charge < -0.3 is 5.32 Å². The molecule has 7 heteroatoms. The van der Waals surface area contributed by atoms with E-state index < -0.39 is 11.8 Å². The first kappa shape index (κ1) is 14.8. The molecular formula is C15H12FN3OS2. The molecule has 2 aromatic carbocycles. The lowest BCUT2D eigenvalue weighted by atomic mass is 10.3. The molecule has 0 radical (unpaired) electrons. The molecule has 4 nitrogen and oxygen atoms in total. The number of thioether (sulfide) groups is 1. The SMILES string of the molecule is CSc1cccc2sc(NC(=O)Nc3ccccc3F)nc12. The Labute approximate surface area is 134 Å². The van der Waals surface area contributed by atoms with Crippen molar-refractivity contribution < 1.29 is 9.18 Å². The maximum Gasteiger partial charge on any atom is 0.325 e. The Morgan fingerprint density at radius 3 is 2.77 bits per heavy atom. The van der Waals surface area contributed by atoms with Crippen LogP contribution in [0.4, 0.5) is 20.0 Å². The minimum atomic E-state index is -0.519. The Kier molecular flexibility index (Phi) is 4.26. The van der Waals surface area contributed by atoms with E-state index in [0.29, 0.717) is 5.13 Å². The molecule has 0 atom stereocenters. The van der Waals surface area contributed by atoms with Gasteiger partial charge in [0.25, 0.3) is 0 Å². The summed E-state index contributed by atoms with van der Waals surface area (Å²) in [6.07, 6.45) is 1.98. The number of anilines is 2. The second-order valence-electron chi connectivity index (χ2n) is 4.39. The van der Waals surface area contributed by atoms with E-state index in [1.165, 1.54) is 23.5 Å². The number of nitrogens with one attached hydrogen (secondary N) is 2. The van der Waals surface area contributed by atoms with Gasteiger partial charge in [-0.1, -0.05) is 29.5 Å². The number of rotatable bonds is 3. The zero-order valence-electron chi connectivity index (χ0n) is 11.6. The summed E-state index contributed by atoms with van der Waals surface area (Å²) in [6, 6.07) is 11.4. The summed E-state index contributed by atoms with van der Waals surface area (Å²) in [7, 11) is 0. The van der Waals surface area contributed by atoms with E-state index in [9.17, 15) is 9.18 Å². The van der Waals surface area contributed by atoms with Gasteiger partial charge in [-0.2, -0.15) is 0 Å². The molecule has 0 spiro atoms. The zero-order valence-corrected chi connectivity index (χ0v) is 13.2. The Bertz CT molecular complexity index is 835. The van der Waals surface area contributed by atoms with Gasteiger partial charge in [0.15, 0.2) is 5.13 Å². The van der Waals surface area contributed by atoms with Crippen LogP contribution < -0.4 is 10.6 Å². The third-order valence-corrected chi connectivity index (χ3v) is 4.65. The van der Waals surface area contributed by atoms with Crippen molar-refractivity contribution in [1.82, 2.24) is 4.98 Å². The number of hydrogen-bond acceptors (Lipinski definition) is 4. The van der Waals surface area contributed by atoms with Gasteiger partial charge in [-0.3, -0.25) is 5.32 Å². The highest BCUT2D eigenvalue weighted by atomic mass is 32.2. The standard InChI is InChI=1S/C15H12FN3OS2/c1-21-11-7-4-8-12-13(11)18-15(22-12)19-14(20)17-10-6-3-2-5-9(10)16/h2-8H,1H3,(H2,17,18,19,20). The van der Waals surface area contributed by atoms with Crippen molar-refractivity contribution in [3.63, 3.8) is 0 Å². The third-order valence-electron chi connectivity index (χ3n) is 2.94. The number of thiazole rings is 1. The fourth-order valence-corrected chi connectivity index (χ4v) is 3.47. The number of urea groups is 1. The molecule has 0 aliphatic heterocycles. The lowest BCUT2D eigenvalue weighted by molar-refractivity contribution is 0.262. The van der Waals surface area contributed by atoms with Crippen LogP contribution in [-0.2, 0) is 0 Å². The number of amides is 2. The smallest absolute Gasteiger partial charge is 0.305 e. The fourth-order valence-electron chi connectivity index (χ4n) is 1.95. The van der Waals surface area contributed by atoms with Crippen LogP contribution in [0.25, 0.3) is 10.2 Å². The van der Waals surface area contributed by atoms with E-state index in [1.807, 2.05) is 24.5 Å². The van der Waals surface area contributed by atoms with E-state index >= 15 is 0 Å². The van der Waals surface area contributed by atoms with Crippen LogP contribution in [0.2, 0.25) is 0 Å². The second kappa shape index (κ2) is 6.33. The number of benzene rings is 2. The maximum atomic E-state index is 13.5. The Hall–Kier alpha value is -2.12. The number of aromatic nitrogens is 1. The summed E-state index contributed by atoms with van der Waals surface area (Å²) in [5.74, 6) is -0.480. The van der Waals surface area contributed by atoms with Crippen LogP contribution in [0.5, 0.6) is 0 Å². The molecule has 0 aliphatic rings. The van der Waals surface area contributed by atoms with Crippen LogP contribution >= 0.6 is 23.1 Å². The van der Waals surface area contributed by atoms with E-state index in [0.717, 1.165) is 15.1 Å². The highest BCUT2D eigenvalue weighted by molar-refractivity contribution is 7.98. The van der Waals surface area contributed by atoms with Gasteiger partial charge in [0.1, 0.15) is 5.82 Å². The summed E-state index contributed by atoms with van der Waals surface area (Å²) in [5.41, 5.74) is 0.993. The molecule has 1 heterocycles. The third kappa shape index (κ3) is 3.05. The van der Waals surface area contributed by atoms with E-state index in [-0.39, 0.29) is 5.69 Å². The lowest BCUT2D eigenvalue weighted by Gasteiger charge is -2.05. The molecule has 2 N–H and O–H groups in total. The molecule has 3 aromatic rings. The molecule has 112 valence electrons. The number of hydrogen-bond donors (Lipinski definition) is 2. The van der Waals surface area contributed by atoms with Gasteiger partial charge >= 0.3 is 6.03 Å². The topological polar surface area (TPSA) is 54.0 Å². The van der Waals surface area contributed by atoms with Gasteiger partial charge in [-0.15, -0.1) is 11.8 Å². The summed E-state index contributed by atoms with van der Waals surface area (Å²) in [6.45, 7) is 0. The van der Waals surface area contributed by atoms with E-state index in [1.54, 1.807) is 23.9 Å². The highest BCUT2D eigenvalue weighted by Crippen LogP contribution is 2.32. The van der Waals surface area contributed by atoms with Crippen molar-refractivity contribution in [2.24, 2.45) is 0 Å². The molecule has 1 aromatic heterocycles. The Balaban J connectivity index is 1.78. The average molecular weight is 333 g/mol. The largest absolute Gasteiger partial charge is 0.325 e. The van der Waals surface area contributed by atoms with Gasteiger partial charge in [0.05, 0.1) is 15.9 Å². The molecule has 3 rings (SSSR count). The molecule has 0 aliphatic carbocycles. The van der Waals surface area contributed by atoms with Crippen molar-refractivity contribution in [3.05, 3.63) is 48.3 Å². The molecule has 0 bridgehead atoms. The van der Waals surface area contributed by atoms with Crippen molar-refractivity contribution in [2.75, 3.05) is 16.9 Å². The minimum Gasteiger partial charge on any atom is -0.305 e. The Morgan fingerprint density at radius 2 is 2.00 bits per heavy atom. The first-order chi connectivity index (χ1) is 10.7. The van der Waals surface area contributed by atoms with Crippen molar-refractivity contribution in [1.29, 1.82) is 0 Å². The summed E-state index contributed by atoms with van der Waals surface area (Å²) in [4.78, 5) is 17.4. The van der Waals surface area contributed by atoms with Gasteiger partial charge in [0, 0.05) is 4.90 Å². The van der Waals surface area contributed by atoms with Gasteiger partial charge in [0.2, 0.25) is 0 Å². The van der Waals surface area contributed by atoms with Gasteiger partial charge in [-0.05, 0) is 30.5 Å².